The van der Waals surface area contributed by atoms with Crippen molar-refractivity contribution in [1.82, 2.24) is 20.3 Å². The first-order chi connectivity index (χ1) is 18.1. The molecule has 38 heavy (non-hydrogen) atoms. The Hall–Kier alpha value is -4.04. The Morgan fingerprint density at radius 3 is 2.18 bits per heavy atom. The Kier molecular flexibility index (Phi) is 13.4. The molecule has 4 N–H and O–H groups in total. The van der Waals surface area contributed by atoms with E-state index in [2.05, 4.69) is 16.0 Å². The standard InChI is InChI=1S/C13H15N3O7S.C9H12N2O.C2H6/c17-12(18)8-14-13(19)11-2-1-7-15(11)24(22,23)10-5-3-9(4-6-10)16(20)21;1-10-9(12)11-7-8-5-3-2-4-6-8;1-2/h3-6,11H,1-2,7-8H2,(H,14,19)(H,17,18);2-6H,7H2,1H3,(H2,10,11,12);1-2H3. The van der Waals surface area contributed by atoms with Gasteiger partial charge in [-0.25, -0.2) is 13.2 Å². The van der Waals surface area contributed by atoms with E-state index in [1.54, 1.807) is 7.05 Å². The lowest BCUT2D eigenvalue weighted by molar-refractivity contribution is -0.384. The molecule has 1 unspecified atom stereocenters. The third-order valence-corrected chi connectivity index (χ3v) is 7.02. The third kappa shape index (κ3) is 9.78. The summed E-state index contributed by atoms with van der Waals surface area (Å²) in [6, 6.07) is 13.0. The molecule has 1 aliphatic rings. The molecule has 0 saturated carbocycles. The van der Waals surface area contributed by atoms with Crippen molar-refractivity contribution in [3.8, 4) is 0 Å². The van der Waals surface area contributed by atoms with Crippen molar-refractivity contribution in [2.24, 2.45) is 0 Å². The van der Waals surface area contributed by atoms with Gasteiger partial charge in [0.05, 0.1) is 9.82 Å². The van der Waals surface area contributed by atoms with Gasteiger partial charge in [0.25, 0.3) is 5.69 Å². The van der Waals surface area contributed by atoms with E-state index in [0.717, 1.165) is 34.1 Å². The minimum absolute atomic E-state index is 0.116. The number of rotatable bonds is 8. The van der Waals surface area contributed by atoms with Gasteiger partial charge in [-0.1, -0.05) is 44.2 Å². The van der Waals surface area contributed by atoms with Crippen LogP contribution in [-0.4, -0.2) is 66.8 Å². The van der Waals surface area contributed by atoms with Crippen LogP contribution in [0, 0.1) is 10.1 Å². The Labute approximate surface area is 221 Å². The van der Waals surface area contributed by atoms with Gasteiger partial charge in [0.1, 0.15) is 12.6 Å². The van der Waals surface area contributed by atoms with Crippen LogP contribution in [0.25, 0.3) is 0 Å². The largest absolute Gasteiger partial charge is 0.480 e. The number of nitro groups is 1. The molecule has 1 fully saturated rings. The highest BCUT2D eigenvalue weighted by Gasteiger charge is 2.39. The van der Waals surface area contributed by atoms with E-state index in [0.29, 0.717) is 13.0 Å². The van der Waals surface area contributed by atoms with Gasteiger partial charge in [0.15, 0.2) is 0 Å². The normalized spacial score (nSPS) is 14.6. The van der Waals surface area contributed by atoms with Gasteiger partial charge >= 0.3 is 12.0 Å². The molecule has 0 bridgehead atoms. The zero-order valence-electron chi connectivity index (χ0n) is 21.4. The molecule has 0 aromatic heterocycles. The van der Waals surface area contributed by atoms with E-state index in [1.165, 1.54) is 0 Å². The molecule has 0 aliphatic carbocycles. The van der Waals surface area contributed by atoms with Crippen LogP contribution >= 0.6 is 0 Å². The summed E-state index contributed by atoms with van der Waals surface area (Å²) in [6.07, 6.45) is 0.731. The van der Waals surface area contributed by atoms with Gasteiger partial charge in [-0.2, -0.15) is 4.31 Å². The first kappa shape index (κ1) is 32.0. The minimum Gasteiger partial charge on any atom is -0.480 e. The van der Waals surface area contributed by atoms with Crippen LogP contribution in [0.5, 0.6) is 0 Å². The van der Waals surface area contributed by atoms with Crippen molar-refractivity contribution in [1.29, 1.82) is 0 Å². The first-order valence-corrected chi connectivity index (χ1v) is 13.3. The number of carbonyl (C=O) groups excluding carboxylic acids is 2. The maximum absolute atomic E-state index is 12.6. The summed E-state index contributed by atoms with van der Waals surface area (Å²) in [5.74, 6) is -1.91. The van der Waals surface area contributed by atoms with Gasteiger partial charge in [-0.15, -0.1) is 0 Å². The van der Waals surface area contributed by atoms with Gasteiger partial charge in [0, 0.05) is 32.3 Å². The number of nitrogens with one attached hydrogen (secondary N) is 3. The lowest BCUT2D eigenvalue weighted by atomic mass is 10.2. The number of carboxylic acids is 1. The molecule has 3 amide bonds. The molecule has 2 aromatic carbocycles. The topological polar surface area (TPSA) is 188 Å². The maximum atomic E-state index is 12.6. The Balaban J connectivity index is 0.000000432. The summed E-state index contributed by atoms with van der Waals surface area (Å²) in [4.78, 5) is 43.1. The van der Waals surface area contributed by atoms with Gasteiger partial charge < -0.3 is 21.1 Å². The van der Waals surface area contributed by atoms with E-state index >= 15 is 0 Å². The van der Waals surface area contributed by atoms with Crippen molar-refractivity contribution >= 4 is 33.6 Å². The van der Waals surface area contributed by atoms with E-state index in [1.807, 2.05) is 44.2 Å². The predicted octanol–water partition coefficient (Wildman–Crippen LogP) is 2.09. The highest BCUT2D eigenvalue weighted by molar-refractivity contribution is 7.89. The number of sulfonamides is 1. The fourth-order valence-electron chi connectivity index (χ4n) is 3.31. The zero-order valence-corrected chi connectivity index (χ0v) is 22.2. The van der Waals surface area contributed by atoms with Crippen molar-refractivity contribution in [2.45, 2.75) is 44.2 Å². The molecule has 0 spiro atoms. The summed E-state index contributed by atoms with van der Waals surface area (Å²) in [6.45, 7) is 4.09. The number of nitro benzene ring substituents is 1. The van der Waals surface area contributed by atoms with Gasteiger partial charge in [-0.3, -0.25) is 19.7 Å². The van der Waals surface area contributed by atoms with Crippen LogP contribution < -0.4 is 16.0 Å². The number of nitrogens with zero attached hydrogens (tertiary/aromatic N) is 2. The molecule has 1 atom stereocenters. The molecular formula is C24H33N5O8S. The highest BCUT2D eigenvalue weighted by atomic mass is 32.2. The molecule has 1 saturated heterocycles. The zero-order chi connectivity index (χ0) is 28.7. The molecule has 208 valence electrons. The van der Waals surface area contributed by atoms with Crippen LogP contribution in [0.4, 0.5) is 10.5 Å². The second-order valence-corrected chi connectivity index (χ2v) is 9.45. The fraction of sp³-hybridized carbons (Fsp3) is 0.375. The Bertz CT molecular complexity index is 1170. The van der Waals surface area contributed by atoms with E-state index < -0.39 is 39.4 Å². The van der Waals surface area contributed by atoms with Gasteiger partial charge in [-0.05, 0) is 30.5 Å². The monoisotopic (exact) mass is 551 g/mol. The highest BCUT2D eigenvalue weighted by Crippen LogP contribution is 2.27. The summed E-state index contributed by atoms with van der Waals surface area (Å²) < 4.78 is 26.2. The molecule has 1 aliphatic heterocycles. The SMILES string of the molecule is CC.CNC(=O)NCc1ccccc1.O=C(O)CNC(=O)C1CCCN1S(=O)(=O)c1ccc([N+](=O)[O-])cc1. The predicted molar refractivity (Wildman–Crippen MR) is 140 cm³/mol. The Morgan fingerprint density at radius 2 is 1.66 bits per heavy atom. The average molecular weight is 552 g/mol. The second-order valence-electron chi connectivity index (χ2n) is 7.55. The number of non-ortho nitro benzene ring substituents is 1. The molecule has 2 aromatic rings. The average Bonchev–Trinajstić information content (AvgIpc) is 3.44. The molecule has 0 radical (unpaired) electrons. The molecular weight excluding hydrogens is 518 g/mol. The molecule has 13 nitrogen and oxygen atoms in total. The van der Waals surface area contributed by atoms with Crippen molar-refractivity contribution < 1.29 is 32.8 Å². The minimum atomic E-state index is -4.01. The number of carboxylic acid groups (broad SMARTS) is 1. The van der Waals surface area contributed by atoms with Crippen LogP contribution in [-0.2, 0) is 26.2 Å². The third-order valence-electron chi connectivity index (χ3n) is 5.10. The number of carbonyl (C=O) groups is 3. The quantitative estimate of drug-likeness (QED) is 0.283. The van der Waals surface area contributed by atoms with Crippen LogP contribution in [0.3, 0.4) is 0 Å². The van der Waals surface area contributed by atoms with E-state index in [-0.39, 0.29) is 29.6 Å². The van der Waals surface area contributed by atoms with Crippen molar-refractivity contribution in [3.63, 3.8) is 0 Å². The number of hydrogen-bond acceptors (Lipinski definition) is 7. The lowest BCUT2D eigenvalue weighted by Crippen LogP contribution is -2.46. The first-order valence-electron chi connectivity index (χ1n) is 11.8. The number of amides is 3. The summed E-state index contributed by atoms with van der Waals surface area (Å²) >= 11 is 0. The number of urea groups is 1. The number of benzene rings is 2. The van der Waals surface area contributed by atoms with Crippen molar-refractivity contribution in [2.75, 3.05) is 20.1 Å². The number of aliphatic carboxylic acids is 1. The lowest BCUT2D eigenvalue weighted by Gasteiger charge is -2.23. The van der Waals surface area contributed by atoms with Crippen LogP contribution in [0.1, 0.15) is 32.3 Å². The Morgan fingerprint density at radius 1 is 1.05 bits per heavy atom. The van der Waals surface area contributed by atoms with Crippen LogP contribution in [0.15, 0.2) is 59.5 Å². The van der Waals surface area contributed by atoms with E-state index in [9.17, 15) is 32.9 Å². The summed E-state index contributed by atoms with van der Waals surface area (Å²) in [7, 11) is -2.41. The second kappa shape index (κ2) is 15.9. The van der Waals surface area contributed by atoms with Crippen LogP contribution in [0.2, 0.25) is 0 Å². The van der Waals surface area contributed by atoms with E-state index in [4.69, 9.17) is 5.11 Å². The van der Waals surface area contributed by atoms with Gasteiger partial charge in [0.2, 0.25) is 15.9 Å². The smallest absolute Gasteiger partial charge is 0.322 e. The molecule has 3 rings (SSSR count). The fourth-order valence-corrected chi connectivity index (χ4v) is 4.97. The van der Waals surface area contributed by atoms with Crippen molar-refractivity contribution in [3.05, 3.63) is 70.3 Å². The summed E-state index contributed by atoms with van der Waals surface area (Å²) in [5.41, 5.74) is 0.854. The summed E-state index contributed by atoms with van der Waals surface area (Å²) in [5, 5.41) is 26.6. The number of hydrogen-bond donors (Lipinski definition) is 4. The maximum Gasteiger partial charge on any atom is 0.322 e. The molecule has 14 heteroatoms. The molecule has 1 heterocycles.